The highest BCUT2D eigenvalue weighted by Gasteiger charge is 2.07. The van der Waals surface area contributed by atoms with E-state index in [9.17, 15) is 9.18 Å². The third kappa shape index (κ3) is 4.13. The van der Waals surface area contributed by atoms with Gasteiger partial charge in [0.25, 0.3) is 5.91 Å². The van der Waals surface area contributed by atoms with Crippen molar-refractivity contribution < 1.29 is 9.18 Å². The second kappa shape index (κ2) is 7.32. The Hall–Kier alpha value is -3.28. The molecule has 5 nitrogen and oxygen atoms in total. The van der Waals surface area contributed by atoms with E-state index < -0.39 is 0 Å². The van der Waals surface area contributed by atoms with E-state index in [-0.39, 0.29) is 11.7 Å². The van der Waals surface area contributed by atoms with Crippen molar-refractivity contribution in [3.63, 3.8) is 0 Å². The molecule has 0 aliphatic rings. The van der Waals surface area contributed by atoms with E-state index in [4.69, 9.17) is 0 Å². The second-order valence-electron chi connectivity index (χ2n) is 5.11. The van der Waals surface area contributed by atoms with Gasteiger partial charge in [-0.3, -0.25) is 9.78 Å². The first-order chi connectivity index (χ1) is 11.7. The lowest BCUT2D eigenvalue weighted by molar-refractivity contribution is 0.0946. The highest BCUT2D eigenvalue weighted by atomic mass is 19.1. The van der Waals surface area contributed by atoms with Crippen molar-refractivity contribution in [2.75, 3.05) is 5.32 Å². The van der Waals surface area contributed by atoms with Gasteiger partial charge in [-0.15, -0.1) is 0 Å². The summed E-state index contributed by atoms with van der Waals surface area (Å²) in [5.74, 6) is -0.579. The Morgan fingerprint density at radius 3 is 2.58 bits per heavy atom. The standard InChI is InChI=1S/C18H15FN4O/c19-14-2-1-3-15(10-14)23-16-4-5-17(21-12-16)18(24)22-11-13-6-8-20-9-7-13/h1-10,12,23H,11H2,(H,22,24). The SMILES string of the molecule is O=C(NCc1ccncc1)c1ccc(Nc2cccc(F)c2)cn1. The minimum atomic E-state index is -0.319. The van der Waals surface area contributed by atoms with E-state index in [1.54, 1.807) is 36.7 Å². The van der Waals surface area contributed by atoms with Crippen LogP contribution in [0.3, 0.4) is 0 Å². The molecule has 2 N–H and O–H groups in total. The van der Waals surface area contributed by atoms with Gasteiger partial charge < -0.3 is 10.6 Å². The summed E-state index contributed by atoms with van der Waals surface area (Å²) in [5, 5.41) is 5.82. The number of nitrogens with zero attached hydrogens (tertiary/aromatic N) is 2. The zero-order chi connectivity index (χ0) is 16.8. The fourth-order valence-electron chi connectivity index (χ4n) is 2.11. The Labute approximate surface area is 138 Å². The number of rotatable bonds is 5. The van der Waals surface area contributed by atoms with Gasteiger partial charge >= 0.3 is 0 Å². The summed E-state index contributed by atoms with van der Waals surface area (Å²) in [6, 6.07) is 13.1. The smallest absolute Gasteiger partial charge is 0.270 e. The number of nitrogens with one attached hydrogen (secondary N) is 2. The second-order valence-corrected chi connectivity index (χ2v) is 5.11. The van der Waals surface area contributed by atoms with E-state index in [0.717, 1.165) is 5.56 Å². The third-order valence-electron chi connectivity index (χ3n) is 3.31. The van der Waals surface area contributed by atoms with Gasteiger partial charge in [-0.05, 0) is 48.0 Å². The molecule has 0 bridgehead atoms. The van der Waals surface area contributed by atoms with Crippen LogP contribution < -0.4 is 10.6 Å². The lowest BCUT2D eigenvalue weighted by atomic mass is 10.2. The van der Waals surface area contributed by atoms with Gasteiger partial charge in [-0.25, -0.2) is 9.37 Å². The van der Waals surface area contributed by atoms with E-state index in [1.165, 1.54) is 18.3 Å². The molecular formula is C18H15FN4O. The molecule has 0 atom stereocenters. The van der Waals surface area contributed by atoms with Gasteiger partial charge in [0.05, 0.1) is 11.9 Å². The fourth-order valence-corrected chi connectivity index (χ4v) is 2.11. The number of carbonyl (C=O) groups is 1. The minimum absolute atomic E-state index is 0.260. The molecule has 120 valence electrons. The van der Waals surface area contributed by atoms with E-state index in [1.807, 2.05) is 12.1 Å². The van der Waals surface area contributed by atoms with E-state index in [0.29, 0.717) is 23.6 Å². The first kappa shape index (κ1) is 15.6. The highest BCUT2D eigenvalue weighted by Crippen LogP contribution is 2.16. The molecule has 1 amide bonds. The van der Waals surface area contributed by atoms with Gasteiger partial charge in [-0.2, -0.15) is 0 Å². The summed E-state index contributed by atoms with van der Waals surface area (Å²) < 4.78 is 13.2. The van der Waals surface area contributed by atoms with Gasteiger partial charge in [0.15, 0.2) is 0 Å². The van der Waals surface area contributed by atoms with Crippen molar-refractivity contribution in [2.45, 2.75) is 6.54 Å². The Morgan fingerprint density at radius 1 is 1.04 bits per heavy atom. The number of pyridine rings is 2. The average Bonchev–Trinajstić information content (AvgIpc) is 2.61. The van der Waals surface area contributed by atoms with Crippen molar-refractivity contribution in [2.24, 2.45) is 0 Å². The predicted octanol–water partition coefficient (Wildman–Crippen LogP) is 3.29. The maximum absolute atomic E-state index is 13.2. The van der Waals surface area contributed by atoms with Crippen LogP contribution in [0.4, 0.5) is 15.8 Å². The molecule has 0 saturated carbocycles. The van der Waals surface area contributed by atoms with Gasteiger partial charge in [0.2, 0.25) is 0 Å². The number of hydrogen-bond donors (Lipinski definition) is 2. The van der Waals surface area contributed by atoms with Crippen molar-refractivity contribution >= 4 is 17.3 Å². The third-order valence-corrected chi connectivity index (χ3v) is 3.31. The summed E-state index contributed by atoms with van der Waals surface area (Å²) in [6.45, 7) is 0.409. The molecule has 2 heterocycles. The molecule has 1 aromatic carbocycles. The number of aromatic nitrogens is 2. The Bertz CT molecular complexity index is 822. The first-order valence-electron chi connectivity index (χ1n) is 7.36. The van der Waals surface area contributed by atoms with Crippen molar-refractivity contribution in [1.82, 2.24) is 15.3 Å². The summed E-state index contributed by atoms with van der Waals surface area (Å²) in [4.78, 5) is 20.1. The maximum Gasteiger partial charge on any atom is 0.270 e. The average molecular weight is 322 g/mol. The lowest BCUT2D eigenvalue weighted by Gasteiger charge is -2.08. The largest absolute Gasteiger partial charge is 0.354 e. The molecule has 3 aromatic rings. The summed E-state index contributed by atoms with van der Waals surface area (Å²) in [7, 11) is 0. The highest BCUT2D eigenvalue weighted by molar-refractivity contribution is 5.92. The molecule has 2 aromatic heterocycles. The fraction of sp³-hybridized carbons (Fsp3) is 0.0556. The van der Waals surface area contributed by atoms with E-state index >= 15 is 0 Å². The quantitative estimate of drug-likeness (QED) is 0.756. The zero-order valence-electron chi connectivity index (χ0n) is 12.7. The van der Waals surface area contributed by atoms with Gasteiger partial charge in [0, 0.05) is 24.6 Å². The number of hydrogen-bond acceptors (Lipinski definition) is 4. The van der Waals surface area contributed by atoms with Crippen LogP contribution in [-0.4, -0.2) is 15.9 Å². The molecule has 24 heavy (non-hydrogen) atoms. The van der Waals surface area contributed by atoms with Crippen LogP contribution in [0.15, 0.2) is 67.1 Å². The topological polar surface area (TPSA) is 66.9 Å². The molecular weight excluding hydrogens is 307 g/mol. The Balaban J connectivity index is 1.60. The molecule has 0 saturated heterocycles. The molecule has 0 unspecified atom stereocenters. The minimum Gasteiger partial charge on any atom is -0.354 e. The predicted molar refractivity (Wildman–Crippen MR) is 89.3 cm³/mol. The number of amides is 1. The van der Waals surface area contributed by atoms with Crippen LogP contribution in [0.2, 0.25) is 0 Å². The van der Waals surface area contributed by atoms with Gasteiger partial charge in [0.1, 0.15) is 11.5 Å². The number of anilines is 2. The summed E-state index contributed by atoms with van der Waals surface area (Å²) in [5.41, 5.74) is 2.56. The molecule has 6 heteroatoms. The lowest BCUT2D eigenvalue weighted by Crippen LogP contribution is -2.23. The van der Waals surface area contributed by atoms with Crippen LogP contribution in [-0.2, 0) is 6.54 Å². The molecule has 0 radical (unpaired) electrons. The van der Waals surface area contributed by atoms with E-state index in [2.05, 4.69) is 20.6 Å². The molecule has 3 rings (SSSR count). The van der Waals surface area contributed by atoms with Crippen LogP contribution in [0.1, 0.15) is 16.1 Å². The van der Waals surface area contributed by atoms with Crippen molar-refractivity contribution in [3.05, 3.63) is 84.2 Å². The Morgan fingerprint density at radius 2 is 1.88 bits per heavy atom. The number of halogens is 1. The number of benzene rings is 1. The molecule has 0 aliphatic carbocycles. The summed E-state index contributed by atoms with van der Waals surface area (Å²) in [6.07, 6.45) is 4.88. The summed E-state index contributed by atoms with van der Waals surface area (Å²) >= 11 is 0. The number of carbonyl (C=O) groups excluding carboxylic acids is 1. The molecule has 0 fully saturated rings. The molecule has 0 spiro atoms. The van der Waals surface area contributed by atoms with Crippen molar-refractivity contribution in [3.8, 4) is 0 Å². The normalized spacial score (nSPS) is 10.2. The van der Waals surface area contributed by atoms with Crippen LogP contribution in [0.25, 0.3) is 0 Å². The Kier molecular flexibility index (Phi) is 4.76. The van der Waals surface area contributed by atoms with Crippen LogP contribution >= 0.6 is 0 Å². The van der Waals surface area contributed by atoms with Crippen LogP contribution in [0.5, 0.6) is 0 Å². The zero-order valence-corrected chi connectivity index (χ0v) is 12.7. The maximum atomic E-state index is 13.2. The monoisotopic (exact) mass is 322 g/mol. The van der Waals surface area contributed by atoms with Gasteiger partial charge in [-0.1, -0.05) is 6.07 Å². The van der Waals surface area contributed by atoms with Crippen molar-refractivity contribution in [1.29, 1.82) is 0 Å². The molecule has 0 aliphatic heterocycles. The van der Waals surface area contributed by atoms with Crippen LogP contribution in [0, 0.1) is 5.82 Å². The first-order valence-corrected chi connectivity index (χ1v) is 7.36.